The molecule has 46 heavy (non-hydrogen) atoms. The number of carbonyl (C=O) groups is 2. The largest absolute Gasteiger partial charge is 0.341 e. The van der Waals surface area contributed by atoms with Gasteiger partial charge in [0.05, 0.1) is 17.6 Å². The predicted molar refractivity (Wildman–Crippen MR) is 186 cm³/mol. The Morgan fingerprint density at radius 1 is 0.739 bits per heavy atom. The van der Waals surface area contributed by atoms with Crippen LogP contribution in [-0.4, -0.2) is 81.4 Å². The molecule has 3 aromatic rings. The summed E-state index contributed by atoms with van der Waals surface area (Å²) in [5.74, 6) is 1.34. The van der Waals surface area contributed by atoms with Crippen LogP contribution in [0.1, 0.15) is 95.4 Å². The van der Waals surface area contributed by atoms with Crippen molar-refractivity contribution in [3.63, 3.8) is 0 Å². The lowest BCUT2D eigenvalue weighted by Gasteiger charge is -2.39. The number of likely N-dealkylation sites (tertiary alicyclic amines) is 2. The minimum absolute atomic E-state index is 0.126. The molecule has 8 heteroatoms. The van der Waals surface area contributed by atoms with Crippen molar-refractivity contribution in [3.05, 3.63) is 59.9 Å². The first-order valence-electron chi connectivity index (χ1n) is 18.1. The topological polar surface area (TPSA) is 64.9 Å². The predicted octanol–water partition coefficient (Wildman–Crippen LogP) is 6.61. The lowest BCUT2D eigenvalue weighted by molar-refractivity contribution is -0.133. The van der Waals surface area contributed by atoms with E-state index >= 15 is 0 Å². The zero-order valence-electron chi connectivity index (χ0n) is 28.0. The van der Waals surface area contributed by atoms with Gasteiger partial charge in [0.2, 0.25) is 11.8 Å². The monoisotopic (exact) mass is 626 g/mol. The molecule has 0 N–H and O–H groups in total. The van der Waals surface area contributed by atoms with Crippen molar-refractivity contribution in [1.29, 1.82) is 0 Å². The summed E-state index contributed by atoms with van der Waals surface area (Å²) in [4.78, 5) is 40.8. The van der Waals surface area contributed by atoms with E-state index in [9.17, 15) is 9.59 Å². The van der Waals surface area contributed by atoms with E-state index in [-0.39, 0.29) is 11.8 Å². The van der Waals surface area contributed by atoms with E-state index in [4.69, 9.17) is 4.98 Å². The van der Waals surface area contributed by atoms with Gasteiger partial charge in [-0.3, -0.25) is 19.4 Å². The molecule has 3 aliphatic rings. The van der Waals surface area contributed by atoms with Crippen LogP contribution < -0.4 is 4.90 Å². The number of hydrogen-bond donors (Lipinski definition) is 0. The number of anilines is 1. The number of nitrogens with zero attached hydrogens (tertiary/aromatic N) is 6. The third kappa shape index (κ3) is 8.18. The maximum Gasteiger partial charge on any atom is 0.242 e. The van der Waals surface area contributed by atoms with Gasteiger partial charge >= 0.3 is 0 Å². The van der Waals surface area contributed by atoms with E-state index in [1.165, 1.54) is 63.4 Å². The van der Waals surface area contributed by atoms with Crippen LogP contribution in [0.4, 0.5) is 5.69 Å². The smallest absolute Gasteiger partial charge is 0.242 e. The molecule has 0 atom stereocenters. The molecule has 2 saturated heterocycles. The molecular formula is C38H54N6O2. The minimum Gasteiger partial charge on any atom is -0.341 e. The van der Waals surface area contributed by atoms with Crippen LogP contribution in [-0.2, 0) is 29.2 Å². The Hall–Kier alpha value is -3.23. The van der Waals surface area contributed by atoms with Crippen molar-refractivity contribution in [2.75, 3.05) is 44.2 Å². The number of piperidine rings is 1. The van der Waals surface area contributed by atoms with Gasteiger partial charge in [-0.25, -0.2) is 4.98 Å². The zero-order chi connectivity index (χ0) is 31.7. The summed E-state index contributed by atoms with van der Waals surface area (Å²) in [7, 11) is 0. The fourth-order valence-electron chi connectivity index (χ4n) is 7.89. The maximum atomic E-state index is 13.9. The molecule has 0 saturated carbocycles. The molecule has 0 aliphatic carbocycles. The maximum absolute atomic E-state index is 13.9. The normalized spacial score (nSPS) is 20.4. The molecule has 248 valence electrons. The number of carbonyl (C=O) groups excluding carboxylic acids is 2. The molecule has 2 fully saturated rings. The molecule has 2 aromatic carbocycles. The first-order valence-corrected chi connectivity index (χ1v) is 18.1. The van der Waals surface area contributed by atoms with Crippen LogP contribution in [0.2, 0.25) is 0 Å². The summed E-state index contributed by atoms with van der Waals surface area (Å²) in [6.07, 6.45) is 14.2. The van der Waals surface area contributed by atoms with Crippen LogP contribution in [0.5, 0.6) is 0 Å². The number of amides is 2. The van der Waals surface area contributed by atoms with Gasteiger partial charge in [0.25, 0.3) is 0 Å². The summed E-state index contributed by atoms with van der Waals surface area (Å²) in [6.45, 7) is 9.35. The van der Waals surface area contributed by atoms with E-state index in [1.54, 1.807) is 6.92 Å². The summed E-state index contributed by atoms with van der Waals surface area (Å²) < 4.78 is 2.19. The third-order valence-corrected chi connectivity index (χ3v) is 10.5. The number of hydrogen-bond acceptors (Lipinski definition) is 5. The van der Waals surface area contributed by atoms with E-state index in [0.717, 1.165) is 94.2 Å². The summed E-state index contributed by atoms with van der Waals surface area (Å²) in [5, 5.41) is 0. The first kappa shape index (κ1) is 32.7. The van der Waals surface area contributed by atoms with Crippen LogP contribution in [0.15, 0.2) is 48.5 Å². The average Bonchev–Trinajstić information content (AvgIpc) is 3.20. The Bertz CT molecular complexity index is 1440. The van der Waals surface area contributed by atoms with Crippen molar-refractivity contribution < 1.29 is 9.59 Å². The van der Waals surface area contributed by atoms with E-state index < -0.39 is 0 Å². The molecule has 1 aromatic heterocycles. The highest BCUT2D eigenvalue weighted by molar-refractivity contribution is 5.92. The van der Waals surface area contributed by atoms with Gasteiger partial charge in [-0.1, -0.05) is 68.9 Å². The molecular weight excluding hydrogens is 572 g/mol. The highest BCUT2D eigenvalue weighted by Crippen LogP contribution is 2.28. The Labute approximate surface area is 275 Å². The molecule has 6 rings (SSSR count). The lowest BCUT2D eigenvalue weighted by atomic mass is 10.0. The van der Waals surface area contributed by atoms with Crippen LogP contribution in [0.25, 0.3) is 11.0 Å². The highest BCUT2D eigenvalue weighted by atomic mass is 16.2. The number of benzene rings is 2. The van der Waals surface area contributed by atoms with Crippen LogP contribution >= 0.6 is 0 Å². The Kier molecular flexibility index (Phi) is 11.4. The van der Waals surface area contributed by atoms with Crippen molar-refractivity contribution in [2.45, 2.75) is 110 Å². The van der Waals surface area contributed by atoms with Crippen molar-refractivity contribution in [2.24, 2.45) is 0 Å². The number of aromatic nitrogens is 2. The summed E-state index contributed by atoms with van der Waals surface area (Å²) >= 11 is 0. The van der Waals surface area contributed by atoms with Crippen LogP contribution in [0.3, 0.4) is 0 Å². The van der Waals surface area contributed by atoms with E-state index in [0.29, 0.717) is 12.6 Å². The molecule has 0 spiro atoms. The second kappa shape index (κ2) is 16.1. The van der Waals surface area contributed by atoms with Gasteiger partial charge in [0.1, 0.15) is 12.4 Å². The molecule has 0 unspecified atom stereocenters. The molecule has 8 nitrogen and oxygen atoms in total. The fraction of sp³-hybridized carbons (Fsp3) is 0.605. The van der Waals surface area contributed by atoms with Gasteiger partial charge in [-0.15, -0.1) is 0 Å². The van der Waals surface area contributed by atoms with Gasteiger partial charge in [0, 0.05) is 44.8 Å². The second-order valence-electron chi connectivity index (χ2n) is 13.8. The van der Waals surface area contributed by atoms with E-state index in [1.807, 2.05) is 11.0 Å². The number of fused-ring (bicyclic) bond motifs is 2. The number of imidazole rings is 1. The summed E-state index contributed by atoms with van der Waals surface area (Å²) in [6, 6.07) is 17.2. The van der Waals surface area contributed by atoms with Gasteiger partial charge < -0.3 is 14.4 Å². The minimum atomic E-state index is 0.126. The van der Waals surface area contributed by atoms with Crippen molar-refractivity contribution >= 4 is 28.5 Å². The molecule has 4 heterocycles. The Morgan fingerprint density at radius 2 is 1.37 bits per heavy atom. The lowest BCUT2D eigenvalue weighted by Crippen LogP contribution is -2.47. The summed E-state index contributed by atoms with van der Waals surface area (Å²) in [5.41, 5.74) is 4.34. The standard InChI is InChI=1S/C38H54N6O2/c1-31(45)43-25-15-5-3-2-4-14-24-42(28-32-16-8-10-18-35(32)43)33-20-26-41(27-21-33)38(46)30-44-36-19-11-9-17-34(36)39-37(44)29-40-22-12-6-7-13-23-40/h8-11,16-19,33H,2-7,12-15,20-30H2,1H3. The Balaban J connectivity index is 1.13. The van der Waals surface area contributed by atoms with Crippen LogP contribution in [0, 0.1) is 0 Å². The quantitative estimate of drug-likeness (QED) is 0.319. The van der Waals surface area contributed by atoms with Gasteiger partial charge in [-0.05, 0) is 81.9 Å². The fourth-order valence-corrected chi connectivity index (χ4v) is 7.89. The molecule has 0 radical (unpaired) electrons. The Morgan fingerprint density at radius 3 is 2.11 bits per heavy atom. The van der Waals surface area contributed by atoms with Gasteiger partial charge in [0.15, 0.2) is 0 Å². The third-order valence-electron chi connectivity index (χ3n) is 10.5. The average molecular weight is 627 g/mol. The number of para-hydroxylation sites is 3. The zero-order valence-corrected chi connectivity index (χ0v) is 28.0. The number of rotatable bonds is 5. The highest BCUT2D eigenvalue weighted by Gasteiger charge is 2.29. The second-order valence-corrected chi connectivity index (χ2v) is 13.8. The first-order chi connectivity index (χ1) is 22.6. The molecule has 0 bridgehead atoms. The molecule has 3 aliphatic heterocycles. The van der Waals surface area contributed by atoms with Gasteiger partial charge in [-0.2, -0.15) is 0 Å². The SMILES string of the molecule is CC(=O)N1CCCCCCCCN(C2CCN(C(=O)Cn3c(CN4CCCCCC4)nc4ccccc43)CC2)Cc2ccccc21. The van der Waals surface area contributed by atoms with E-state index in [2.05, 4.69) is 61.7 Å². The van der Waals surface area contributed by atoms with Crippen molar-refractivity contribution in [3.8, 4) is 0 Å². The van der Waals surface area contributed by atoms with Crippen molar-refractivity contribution in [1.82, 2.24) is 24.3 Å². The molecule has 2 amide bonds.